The SMILES string of the molecule is CN(c1ccc(S(=O)(=O)NC(=O)c2ccc(N3CCN(CC4=C(c5ccc(Cl)cc5)CC(C)(C)CC4)CC3)cc2Oc2cnc3[nH]ccc3c2)cc1[N+](=O)[O-])C1COCCN1. The quantitative estimate of drug-likeness (QED) is 0.0851. The van der Waals surface area contributed by atoms with Gasteiger partial charge in [0.15, 0.2) is 0 Å². The largest absolute Gasteiger partial charge is 0.455 e. The molecule has 0 spiro atoms. The number of nitro groups is 1. The van der Waals surface area contributed by atoms with Gasteiger partial charge in [-0.1, -0.05) is 43.2 Å². The molecule has 0 saturated carbocycles. The minimum absolute atomic E-state index is 0.0451. The van der Waals surface area contributed by atoms with Gasteiger partial charge in [-0.3, -0.25) is 25.1 Å². The van der Waals surface area contributed by atoms with E-state index < -0.39 is 31.4 Å². The zero-order valence-corrected chi connectivity index (χ0v) is 35.9. The van der Waals surface area contributed by atoms with Gasteiger partial charge in [-0.05, 0) is 84.3 Å². The Morgan fingerprint density at radius 1 is 1.08 bits per heavy atom. The highest BCUT2D eigenvalue weighted by Crippen LogP contribution is 2.43. The van der Waals surface area contributed by atoms with Crippen molar-refractivity contribution in [2.24, 2.45) is 5.41 Å². The number of carbonyl (C=O) groups excluding carboxylic acids is 1. The van der Waals surface area contributed by atoms with Gasteiger partial charge in [-0.15, -0.1) is 0 Å². The number of aromatic nitrogens is 2. The first-order chi connectivity index (χ1) is 29.2. The molecule has 1 aliphatic carbocycles. The van der Waals surface area contributed by atoms with Crippen molar-refractivity contribution in [2.75, 3.05) is 69.3 Å². The number of allylic oxidation sites excluding steroid dienone is 1. The molecule has 1 atom stereocenters. The van der Waals surface area contributed by atoms with E-state index in [1.54, 1.807) is 36.3 Å². The molecule has 3 aromatic carbocycles. The van der Waals surface area contributed by atoms with Crippen LogP contribution in [-0.4, -0.2) is 99.8 Å². The molecule has 320 valence electrons. The van der Waals surface area contributed by atoms with Crippen LogP contribution in [0.2, 0.25) is 5.02 Å². The van der Waals surface area contributed by atoms with E-state index in [0.29, 0.717) is 31.2 Å². The van der Waals surface area contributed by atoms with Gasteiger partial charge >= 0.3 is 0 Å². The van der Waals surface area contributed by atoms with Crippen LogP contribution in [0.3, 0.4) is 0 Å². The van der Waals surface area contributed by atoms with Crippen LogP contribution in [-0.2, 0) is 14.8 Å². The monoisotopic (exact) mass is 868 g/mol. The highest BCUT2D eigenvalue weighted by Gasteiger charge is 2.31. The molecule has 8 rings (SSSR count). The molecule has 2 saturated heterocycles. The summed E-state index contributed by atoms with van der Waals surface area (Å²) in [6.45, 7) is 9.99. The first-order valence-electron chi connectivity index (χ1n) is 20.3. The molecule has 0 bridgehead atoms. The molecule has 4 heterocycles. The number of likely N-dealkylation sites (N-methyl/N-ethyl adjacent to an activating group) is 1. The maximum atomic E-state index is 13.9. The lowest BCUT2D eigenvalue weighted by molar-refractivity contribution is -0.384. The third-order valence-electron chi connectivity index (χ3n) is 11.8. The maximum Gasteiger partial charge on any atom is 0.293 e. The van der Waals surface area contributed by atoms with Crippen LogP contribution in [0, 0.1) is 15.5 Å². The van der Waals surface area contributed by atoms with Crippen molar-refractivity contribution >= 4 is 61.2 Å². The molecule has 0 radical (unpaired) electrons. The number of carbonyl (C=O) groups is 1. The number of halogens is 1. The topological polar surface area (TPSA) is 175 Å². The number of nitrogens with zero attached hydrogens (tertiary/aromatic N) is 5. The number of amides is 1. The Morgan fingerprint density at radius 2 is 1.87 bits per heavy atom. The second-order valence-electron chi connectivity index (χ2n) is 16.6. The van der Waals surface area contributed by atoms with E-state index >= 15 is 0 Å². The summed E-state index contributed by atoms with van der Waals surface area (Å²) in [5.41, 5.74) is 5.50. The molecule has 3 aliphatic rings. The van der Waals surface area contributed by atoms with Gasteiger partial charge in [0.05, 0.1) is 34.8 Å². The van der Waals surface area contributed by atoms with Crippen LogP contribution in [0.15, 0.2) is 95.7 Å². The molecule has 17 heteroatoms. The molecule has 1 amide bonds. The molecule has 2 aliphatic heterocycles. The van der Waals surface area contributed by atoms with Crippen LogP contribution in [0.5, 0.6) is 11.5 Å². The van der Waals surface area contributed by atoms with Crippen molar-refractivity contribution < 1.29 is 27.6 Å². The van der Waals surface area contributed by atoms with Crippen molar-refractivity contribution in [1.82, 2.24) is 24.9 Å². The molecule has 61 heavy (non-hydrogen) atoms. The van der Waals surface area contributed by atoms with Gasteiger partial charge in [-0.2, -0.15) is 0 Å². The Balaban J connectivity index is 1.02. The summed E-state index contributed by atoms with van der Waals surface area (Å²) in [5, 5.41) is 16.9. The number of benzene rings is 3. The van der Waals surface area contributed by atoms with Crippen molar-refractivity contribution in [3.05, 3.63) is 117 Å². The predicted molar refractivity (Wildman–Crippen MR) is 236 cm³/mol. The number of nitro benzene ring substituents is 1. The van der Waals surface area contributed by atoms with Crippen molar-refractivity contribution in [1.29, 1.82) is 0 Å². The zero-order valence-electron chi connectivity index (χ0n) is 34.3. The number of anilines is 2. The van der Waals surface area contributed by atoms with Crippen LogP contribution >= 0.6 is 11.6 Å². The highest BCUT2D eigenvalue weighted by atomic mass is 35.5. The summed E-state index contributed by atoms with van der Waals surface area (Å²) in [4.78, 5) is 38.8. The summed E-state index contributed by atoms with van der Waals surface area (Å²) in [6.07, 6.45) is 6.11. The Labute approximate surface area is 359 Å². The number of aromatic amines is 1. The van der Waals surface area contributed by atoms with Crippen LogP contribution in [0.4, 0.5) is 17.1 Å². The van der Waals surface area contributed by atoms with E-state index in [1.807, 2.05) is 18.2 Å². The Kier molecular flexibility index (Phi) is 12.1. The van der Waals surface area contributed by atoms with Crippen molar-refractivity contribution in [2.45, 2.75) is 44.2 Å². The summed E-state index contributed by atoms with van der Waals surface area (Å²) < 4.78 is 41.4. The first kappa shape index (κ1) is 42.2. The molecule has 2 aromatic heterocycles. The predicted octanol–water partition coefficient (Wildman–Crippen LogP) is 7.20. The van der Waals surface area contributed by atoms with E-state index in [9.17, 15) is 23.3 Å². The number of piperazine rings is 1. The van der Waals surface area contributed by atoms with Gasteiger partial charge in [-0.25, -0.2) is 18.1 Å². The number of nitrogens with one attached hydrogen (secondary N) is 3. The molecular formula is C44H49ClN8O7S. The van der Waals surface area contributed by atoms with Gasteiger partial charge in [0.1, 0.15) is 29.0 Å². The number of H-pyrrole nitrogens is 1. The first-order valence-corrected chi connectivity index (χ1v) is 22.2. The fourth-order valence-electron chi connectivity index (χ4n) is 8.30. The molecule has 2 fully saturated rings. The van der Waals surface area contributed by atoms with Crippen LogP contribution in [0.1, 0.15) is 49.0 Å². The van der Waals surface area contributed by atoms with E-state index in [2.05, 4.69) is 55.8 Å². The number of ether oxygens (including phenoxy) is 2. The summed E-state index contributed by atoms with van der Waals surface area (Å²) in [7, 11) is -2.92. The fraction of sp³-hybridized carbons (Fsp3) is 0.364. The third-order valence-corrected chi connectivity index (χ3v) is 13.4. The van der Waals surface area contributed by atoms with Crippen LogP contribution < -0.4 is 24.6 Å². The summed E-state index contributed by atoms with van der Waals surface area (Å²) in [5.74, 6) is -0.494. The number of pyridine rings is 1. The van der Waals surface area contributed by atoms with Gasteiger partial charge < -0.3 is 24.3 Å². The Bertz CT molecular complexity index is 2580. The van der Waals surface area contributed by atoms with Crippen molar-refractivity contribution in [3.8, 4) is 11.5 Å². The fourth-order valence-corrected chi connectivity index (χ4v) is 9.41. The second-order valence-corrected chi connectivity index (χ2v) is 18.7. The smallest absolute Gasteiger partial charge is 0.293 e. The molecule has 3 N–H and O–H groups in total. The number of sulfonamides is 1. The number of rotatable bonds is 12. The molecule has 1 unspecified atom stereocenters. The Hall–Kier alpha value is -5.52. The molecule has 15 nitrogen and oxygen atoms in total. The van der Waals surface area contributed by atoms with E-state index in [-0.39, 0.29) is 28.6 Å². The van der Waals surface area contributed by atoms with E-state index in [4.69, 9.17) is 21.1 Å². The lowest BCUT2D eigenvalue weighted by Crippen LogP contribution is -2.51. The normalized spacial score (nSPS) is 18.6. The molecular weight excluding hydrogens is 820 g/mol. The lowest BCUT2D eigenvalue weighted by Gasteiger charge is -2.39. The van der Waals surface area contributed by atoms with E-state index in [1.165, 1.54) is 41.1 Å². The van der Waals surface area contributed by atoms with E-state index in [0.717, 1.165) is 74.1 Å². The minimum atomic E-state index is -4.58. The highest BCUT2D eigenvalue weighted by molar-refractivity contribution is 7.90. The standard InChI is InChI=1S/C44H49ClN8O7S/c1-44(2)14-12-31(37(25-44)29-4-6-32(45)7-5-29)27-51-17-19-52(20-18-51)33-8-10-36(40(23-33)60-34-22-30-13-15-47-42(30)48-26-34)43(54)49-61(57,58)35-9-11-38(39(24-35)53(55)56)50(3)41-28-59-21-16-46-41/h4-11,13,15,22-24,26,41,46H,12,14,16-21,25,27-28H2,1-3H3,(H,47,48)(H,49,54). The minimum Gasteiger partial charge on any atom is -0.455 e. The van der Waals surface area contributed by atoms with Gasteiger partial charge in [0.2, 0.25) is 0 Å². The molecule has 5 aromatic rings. The van der Waals surface area contributed by atoms with Gasteiger partial charge in [0, 0.05) is 80.7 Å². The Morgan fingerprint density at radius 3 is 2.61 bits per heavy atom. The number of hydrogen-bond acceptors (Lipinski definition) is 12. The average Bonchev–Trinajstić information content (AvgIpc) is 3.72. The van der Waals surface area contributed by atoms with Gasteiger partial charge in [0.25, 0.3) is 21.6 Å². The maximum absolute atomic E-state index is 13.9. The number of hydrogen-bond donors (Lipinski definition) is 3. The number of morpholine rings is 1. The lowest BCUT2D eigenvalue weighted by atomic mass is 9.72. The van der Waals surface area contributed by atoms with Crippen LogP contribution in [0.25, 0.3) is 16.6 Å². The third kappa shape index (κ3) is 9.53. The van der Waals surface area contributed by atoms with Crippen molar-refractivity contribution in [3.63, 3.8) is 0 Å². The second kappa shape index (κ2) is 17.5. The average molecular weight is 869 g/mol. The summed E-state index contributed by atoms with van der Waals surface area (Å²) >= 11 is 6.24. The number of fused-ring (bicyclic) bond motifs is 1. The summed E-state index contributed by atoms with van der Waals surface area (Å²) in [6, 6.07) is 20.4. The zero-order chi connectivity index (χ0) is 42.9.